The summed E-state index contributed by atoms with van der Waals surface area (Å²) in [6, 6.07) is 8.29. The zero-order valence-corrected chi connectivity index (χ0v) is 11.7. The van der Waals surface area contributed by atoms with Gasteiger partial charge in [-0.3, -0.25) is 4.98 Å². The molecule has 19 heavy (non-hydrogen) atoms. The minimum absolute atomic E-state index is 0.147. The van der Waals surface area contributed by atoms with Gasteiger partial charge in [0, 0.05) is 18.3 Å². The SMILES string of the molecule is Cc1ccc(CN)cc1-c1cncc(OC(C)C)c1. The van der Waals surface area contributed by atoms with E-state index in [0.717, 1.165) is 22.4 Å². The van der Waals surface area contributed by atoms with Gasteiger partial charge < -0.3 is 10.5 Å². The summed E-state index contributed by atoms with van der Waals surface area (Å²) in [6.07, 6.45) is 3.75. The maximum absolute atomic E-state index is 5.70. The number of aromatic nitrogens is 1. The topological polar surface area (TPSA) is 48.1 Å². The Morgan fingerprint density at radius 1 is 1.21 bits per heavy atom. The highest BCUT2D eigenvalue weighted by molar-refractivity contribution is 5.68. The van der Waals surface area contributed by atoms with Gasteiger partial charge in [-0.2, -0.15) is 0 Å². The number of benzene rings is 1. The van der Waals surface area contributed by atoms with Crippen molar-refractivity contribution >= 4 is 0 Å². The van der Waals surface area contributed by atoms with Gasteiger partial charge in [-0.15, -0.1) is 0 Å². The van der Waals surface area contributed by atoms with E-state index in [0.29, 0.717) is 6.54 Å². The van der Waals surface area contributed by atoms with E-state index in [1.165, 1.54) is 5.56 Å². The predicted molar refractivity (Wildman–Crippen MR) is 78.1 cm³/mol. The second-order valence-corrected chi connectivity index (χ2v) is 4.93. The molecule has 2 rings (SSSR count). The van der Waals surface area contributed by atoms with Crippen molar-refractivity contribution in [2.24, 2.45) is 5.73 Å². The van der Waals surface area contributed by atoms with Crippen molar-refractivity contribution < 1.29 is 4.74 Å². The molecule has 3 heteroatoms. The summed E-state index contributed by atoms with van der Waals surface area (Å²) in [5.41, 5.74) is 10.3. The van der Waals surface area contributed by atoms with Crippen LogP contribution in [0.2, 0.25) is 0 Å². The van der Waals surface area contributed by atoms with Crippen molar-refractivity contribution in [3.63, 3.8) is 0 Å². The average Bonchev–Trinajstić information content (AvgIpc) is 2.39. The standard InChI is InChI=1S/C16H20N2O/c1-11(2)19-15-7-14(9-18-10-15)16-6-13(8-17)5-4-12(16)3/h4-7,9-11H,8,17H2,1-3H3. The largest absolute Gasteiger partial charge is 0.489 e. The van der Waals surface area contributed by atoms with E-state index in [2.05, 4.69) is 30.1 Å². The highest BCUT2D eigenvalue weighted by Crippen LogP contribution is 2.27. The minimum atomic E-state index is 0.147. The van der Waals surface area contributed by atoms with Gasteiger partial charge in [-0.25, -0.2) is 0 Å². The van der Waals surface area contributed by atoms with Crippen LogP contribution in [-0.4, -0.2) is 11.1 Å². The number of ether oxygens (including phenoxy) is 1. The van der Waals surface area contributed by atoms with Crippen LogP contribution >= 0.6 is 0 Å². The molecule has 2 N–H and O–H groups in total. The van der Waals surface area contributed by atoms with Gasteiger partial charge in [-0.1, -0.05) is 12.1 Å². The highest BCUT2D eigenvalue weighted by Gasteiger charge is 2.06. The molecule has 0 bridgehead atoms. The number of hydrogen-bond donors (Lipinski definition) is 1. The molecule has 1 heterocycles. The van der Waals surface area contributed by atoms with Crippen molar-refractivity contribution in [3.05, 3.63) is 47.8 Å². The zero-order chi connectivity index (χ0) is 13.8. The zero-order valence-electron chi connectivity index (χ0n) is 11.7. The van der Waals surface area contributed by atoms with Crippen LogP contribution < -0.4 is 10.5 Å². The second-order valence-electron chi connectivity index (χ2n) is 4.93. The lowest BCUT2D eigenvalue weighted by Gasteiger charge is -2.12. The lowest BCUT2D eigenvalue weighted by molar-refractivity contribution is 0.241. The molecule has 0 aliphatic heterocycles. The average molecular weight is 256 g/mol. The molecular formula is C16H20N2O. The molecule has 0 radical (unpaired) electrons. The van der Waals surface area contributed by atoms with Crippen molar-refractivity contribution in [2.75, 3.05) is 0 Å². The van der Waals surface area contributed by atoms with Crippen LogP contribution in [0.25, 0.3) is 11.1 Å². The molecule has 0 unspecified atom stereocenters. The van der Waals surface area contributed by atoms with E-state index in [1.54, 1.807) is 6.20 Å². The van der Waals surface area contributed by atoms with Gasteiger partial charge in [0.05, 0.1) is 12.3 Å². The summed E-state index contributed by atoms with van der Waals surface area (Å²) in [4.78, 5) is 4.25. The van der Waals surface area contributed by atoms with Crippen molar-refractivity contribution in [1.82, 2.24) is 4.98 Å². The quantitative estimate of drug-likeness (QED) is 0.913. The first-order valence-electron chi connectivity index (χ1n) is 6.52. The van der Waals surface area contributed by atoms with E-state index >= 15 is 0 Å². The Morgan fingerprint density at radius 2 is 2.00 bits per heavy atom. The molecule has 0 aliphatic rings. The van der Waals surface area contributed by atoms with Gasteiger partial charge in [0.15, 0.2) is 0 Å². The number of hydrogen-bond acceptors (Lipinski definition) is 3. The van der Waals surface area contributed by atoms with Crippen LogP contribution in [-0.2, 0) is 6.54 Å². The monoisotopic (exact) mass is 256 g/mol. The third kappa shape index (κ3) is 3.32. The minimum Gasteiger partial charge on any atom is -0.489 e. The fourth-order valence-electron chi connectivity index (χ4n) is 2.01. The van der Waals surface area contributed by atoms with Gasteiger partial charge in [0.1, 0.15) is 5.75 Å². The summed E-state index contributed by atoms with van der Waals surface area (Å²) in [6.45, 7) is 6.65. The Balaban J connectivity index is 2.41. The van der Waals surface area contributed by atoms with Crippen LogP contribution in [0, 0.1) is 6.92 Å². The van der Waals surface area contributed by atoms with Gasteiger partial charge >= 0.3 is 0 Å². The molecule has 0 saturated heterocycles. The van der Waals surface area contributed by atoms with Gasteiger partial charge in [0.2, 0.25) is 0 Å². The van der Waals surface area contributed by atoms with Crippen LogP contribution in [0.1, 0.15) is 25.0 Å². The summed E-state index contributed by atoms with van der Waals surface area (Å²) in [5.74, 6) is 0.796. The molecule has 2 aromatic rings. The van der Waals surface area contributed by atoms with Crippen LogP contribution in [0.3, 0.4) is 0 Å². The van der Waals surface area contributed by atoms with E-state index in [4.69, 9.17) is 10.5 Å². The van der Waals surface area contributed by atoms with E-state index < -0.39 is 0 Å². The maximum Gasteiger partial charge on any atom is 0.138 e. The van der Waals surface area contributed by atoms with E-state index in [1.807, 2.05) is 26.1 Å². The van der Waals surface area contributed by atoms with Crippen molar-refractivity contribution in [3.8, 4) is 16.9 Å². The smallest absolute Gasteiger partial charge is 0.138 e. The molecule has 0 spiro atoms. The predicted octanol–water partition coefficient (Wildman–Crippen LogP) is 3.30. The summed E-state index contributed by atoms with van der Waals surface area (Å²) in [7, 11) is 0. The van der Waals surface area contributed by atoms with Gasteiger partial charge in [-0.05, 0) is 49.6 Å². The maximum atomic E-state index is 5.70. The molecule has 3 nitrogen and oxygen atoms in total. The molecule has 0 aliphatic carbocycles. The fraction of sp³-hybridized carbons (Fsp3) is 0.312. The van der Waals surface area contributed by atoms with Crippen molar-refractivity contribution in [2.45, 2.75) is 33.4 Å². The Labute approximate surface area is 114 Å². The Hall–Kier alpha value is -1.87. The molecule has 1 aromatic heterocycles. The highest BCUT2D eigenvalue weighted by atomic mass is 16.5. The normalized spacial score (nSPS) is 10.8. The number of aryl methyl sites for hydroxylation is 1. The Morgan fingerprint density at radius 3 is 2.68 bits per heavy atom. The fourth-order valence-corrected chi connectivity index (χ4v) is 2.01. The van der Waals surface area contributed by atoms with Gasteiger partial charge in [0.25, 0.3) is 0 Å². The first-order chi connectivity index (χ1) is 9.10. The molecule has 0 atom stereocenters. The summed E-state index contributed by atoms with van der Waals surface area (Å²) in [5, 5.41) is 0. The Kier molecular flexibility index (Phi) is 4.17. The molecule has 0 fully saturated rings. The molecule has 0 saturated carbocycles. The van der Waals surface area contributed by atoms with E-state index in [9.17, 15) is 0 Å². The number of nitrogens with two attached hydrogens (primary N) is 1. The molecule has 0 amide bonds. The van der Waals surface area contributed by atoms with Crippen LogP contribution in [0.15, 0.2) is 36.7 Å². The summed E-state index contributed by atoms with van der Waals surface area (Å²) >= 11 is 0. The first kappa shape index (κ1) is 13.6. The third-order valence-electron chi connectivity index (χ3n) is 2.93. The third-order valence-corrected chi connectivity index (χ3v) is 2.93. The lowest BCUT2D eigenvalue weighted by atomic mass is 9.99. The summed E-state index contributed by atoms with van der Waals surface area (Å²) < 4.78 is 5.69. The number of pyridine rings is 1. The van der Waals surface area contributed by atoms with Crippen molar-refractivity contribution in [1.29, 1.82) is 0 Å². The second kappa shape index (κ2) is 5.85. The molecule has 100 valence electrons. The van der Waals surface area contributed by atoms with Crippen LogP contribution in [0.5, 0.6) is 5.75 Å². The Bertz CT molecular complexity index is 564. The van der Waals surface area contributed by atoms with E-state index in [-0.39, 0.29) is 6.10 Å². The van der Waals surface area contributed by atoms with Crippen LogP contribution in [0.4, 0.5) is 0 Å². The number of nitrogens with zero attached hydrogens (tertiary/aromatic N) is 1. The molecular weight excluding hydrogens is 236 g/mol. The first-order valence-corrected chi connectivity index (χ1v) is 6.52. The molecule has 1 aromatic carbocycles. The lowest BCUT2D eigenvalue weighted by Crippen LogP contribution is -2.05. The number of rotatable bonds is 4.